The summed E-state index contributed by atoms with van der Waals surface area (Å²) in [5.74, 6) is -0.136. The van der Waals surface area contributed by atoms with Gasteiger partial charge in [0, 0.05) is 6.54 Å². The van der Waals surface area contributed by atoms with Crippen molar-refractivity contribution < 1.29 is 4.79 Å². The highest BCUT2D eigenvalue weighted by Crippen LogP contribution is 2.26. The molecule has 4 heteroatoms. The highest BCUT2D eigenvalue weighted by atomic mass is 35.5. The summed E-state index contributed by atoms with van der Waals surface area (Å²) in [5, 5.41) is 4.55. The summed E-state index contributed by atoms with van der Waals surface area (Å²) in [5.41, 5.74) is 1.49. The number of amides is 1. The maximum Gasteiger partial charge on any atom is 0.254 e. The predicted molar refractivity (Wildman–Crippen MR) is 56.6 cm³/mol. The van der Waals surface area contributed by atoms with Crippen LogP contribution >= 0.6 is 22.9 Å². The standard InChI is InChI=1S/C9H10ClNOS/c1-3-4-11-9(12)7-6(2)5-13-8(7)10/h3,5H,1,4H2,2H3,(H,11,12). The van der Waals surface area contributed by atoms with Gasteiger partial charge in [0.15, 0.2) is 0 Å². The Hall–Kier alpha value is -0.800. The van der Waals surface area contributed by atoms with Crippen molar-refractivity contribution in [3.8, 4) is 0 Å². The minimum absolute atomic E-state index is 0.136. The number of hydrogen-bond acceptors (Lipinski definition) is 2. The number of rotatable bonds is 3. The molecule has 0 spiro atoms. The third-order valence-electron chi connectivity index (χ3n) is 1.56. The van der Waals surface area contributed by atoms with Crippen LogP contribution in [0.25, 0.3) is 0 Å². The molecule has 1 amide bonds. The zero-order chi connectivity index (χ0) is 9.84. The smallest absolute Gasteiger partial charge is 0.254 e. The van der Waals surface area contributed by atoms with Gasteiger partial charge in [0.1, 0.15) is 4.34 Å². The Kier molecular flexibility index (Phi) is 3.51. The zero-order valence-corrected chi connectivity index (χ0v) is 8.84. The Morgan fingerprint density at radius 1 is 1.85 bits per heavy atom. The number of carbonyl (C=O) groups is 1. The summed E-state index contributed by atoms with van der Waals surface area (Å²) in [6, 6.07) is 0. The Bertz CT molecular complexity index is 313. The summed E-state index contributed by atoms with van der Waals surface area (Å²) in [6.07, 6.45) is 1.63. The van der Waals surface area contributed by atoms with Crippen molar-refractivity contribution in [2.24, 2.45) is 0 Å². The highest BCUT2D eigenvalue weighted by molar-refractivity contribution is 7.15. The van der Waals surface area contributed by atoms with Crippen molar-refractivity contribution in [1.29, 1.82) is 0 Å². The van der Waals surface area contributed by atoms with E-state index in [9.17, 15) is 4.79 Å². The molecule has 0 aliphatic carbocycles. The molecule has 0 aliphatic rings. The molecule has 0 saturated carbocycles. The Labute approximate surface area is 86.2 Å². The SMILES string of the molecule is C=CCNC(=O)c1c(C)csc1Cl. The number of halogens is 1. The number of hydrogen-bond donors (Lipinski definition) is 1. The summed E-state index contributed by atoms with van der Waals surface area (Å²) < 4.78 is 0.541. The number of aryl methyl sites for hydroxylation is 1. The van der Waals surface area contributed by atoms with Gasteiger partial charge in [0.25, 0.3) is 5.91 Å². The van der Waals surface area contributed by atoms with Crippen molar-refractivity contribution in [3.63, 3.8) is 0 Å². The molecule has 0 saturated heterocycles. The lowest BCUT2D eigenvalue weighted by atomic mass is 10.2. The molecular formula is C9H10ClNOS. The summed E-state index contributed by atoms with van der Waals surface area (Å²) >= 11 is 7.22. The first-order valence-electron chi connectivity index (χ1n) is 3.79. The van der Waals surface area contributed by atoms with Crippen LogP contribution in [-0.2, 0) is 0 Å². The van der Waals surface area contributed by atoms with Gasteiger partial charge in [-0.05, 0) is 17.9 Å². The maximum absolute atomic E-state index is 11.5. The maximum atomic E-state index is 11.5. The van der Waals surface area contributed by atoms with Crippen LogP contribution in [0.2, 0.25) is 4.34 Å². The van der Waals surface area contributed by atoms with Crippen LogP contribution in [0.3, 0.4) is 0 Å². The van der Waals surface area contributed by atoms with Crippen LogP contribution in [0.15, 0.2) is 18.0 Å². The van der Waals surface area contributed by atoms with Crippen molar-refractivity contribution in [2.45, 2.75) is 6.92 Å². The molecule has 0 unspecified atom stereocenters. The molecule has 0 aliphatic heterocycles. The Balaban J connectivity index is 2.81. The molecule has 0 fully saturated rings. The van der Waals surface area contributed by atoms with Crippen molar-refractivity contribution in [3.05, 3.63) is 33.5 Å². The largest absolute Gasteiger partial charge is 0.348 e. The third kappa shape index (κ3) is 2.32. The molecule has 1 N–H and O–H groups in total. The topological polar surface area (TPSA) is 29.1 Å². The van der Waals surface area contributed by atoms with Gasteiger partial charge in [0.05, 0.1) is 5.56 Å². The molecule has 1 aromatic heterocycles. The van der Waals surface area contributed by atoms with Crippen LogP contribution in [-0.4, -0.2) is 12.5 Å². The molecule has 13 heavy (non-hydrogen) atoms. The molecule has 70 valence electrons. The Morgan fingerprint density at radius 3 is 3.00 bits per heavy atom. The summed E-state index contributed by atoms with van der Waals surface area (Å²) in [7, 11) is 0. The molecule has 2 nitrogen and oxygen atoms in total. The first-order valence-corrected chi connectivity index (χ1v) is 5.05. The van der Waals surface area contributed by atoms with Gasteiger partial charge < -0.3 is 5.32 Å². The van der Waals surface area contributed by atoms with E-state index in [1.54, 1.807) is 6.08 Å². The fourth-order valence-corrected chi connectivity index (χ4v) is 2.07. The van der Waals surface area contributed by atoms with Crippen LogP contribution in [0, 0.1) is 6.92 Å². The average molecular weight is 216 g/mol. The minimum Gasteiger partial charge on any atom is -0.348 e. The molecule has 0 atom stereocenters. The van der Waals surface area contributed by atoms with E-state index < -0.39 is 0 Å². The molecule has 1 rings (SSSR count). The normalized spacial score (nSPS) is 9.69. The summed E-state index contributed by atoms with van der Waals surface area (Å²) in [4.78, 5) is 11.5. The monoisotopic (exact) mass is 215 g/mol. The van der Waals surface area contributed by atoms with Gasteiger partial charge in [-0.3, -0.25) is 4.79 Å². The second kappa shape index (κ2) is 4.44. The molecule has 0 radical (unpaired) electrons. The van der Waals surface area contributed by atoms with Gasteiger partial charge in [-0.25, -0.2) is 0 Å². The third-order valence-corrected chi connectivity index (χ3v) is 2.90. The van der Waals surface area contributed by atoms with E-state index >= 15 is 0 Å². The minimum atomic E-state index is -0.136. The predicted octanol–water partition coefficient (Wildman–Crippen LogP) is 2.63. The van der Waals surface area contributed by atoms with E-state index in [1.165, 1.54) is 11.3 Å². The number of nitrogens with one attached hydrogen (secondary N) is 1. The second-order valence-electron chi connectivity index (χ2n) is 2.57. The first-order chi connectivity index (χ1) is 6.16. The average Bonchev–Trinajstić information content (AvgIpc) is 2.42. The molecule has 0 bridgehead atoms. The Morgan fingerprint density at radius 2 is 2.54 bits per heavy atom. The lowest BCUT2D eigenvalue weighted by Gasteiger charge is -2.01. The number of carbonyl (C=O) groups excluding carboxylic acids is 1. The van der Waals surface area contributed by atoms with Crippen LogP contribution in [0.4, 0.5) is 0 Å². The lowest BCUT2D eigenvalue weighted by molar-refractivity contribution is 0.0958. The van der Waals surface area contributed by atoms with E-state index in [0.717, 1.165) is 5.56 Å². The van der Waals surface area contributed by atoms with Crippen molar-refractivity contribution in [1.82, 2.24) is 5.32 Å². The van der Waals surface area contributed by atoms with E-state index in [1.807, 2.05) is 12.3 Å². The van der Waals surface area contributed by atoms with Crippen LogP contribution in [0.1, 0.15) is 15.9 Å². The molecule has 0 aromatic carbocycles. The van der Waals surface area contributed by atoms with E-state index in [2.05, 4.69) is 11.9 Å². The van der Waals surface area contributed by atoms with Crippen molar-refractivity contribution in [2.75, 3.05) is 6.54 Å². The molecule has 1 heterocycles. The summed E-state index contributed by atoms with van der Waals surface area (Å²) in [6.45, 7) is 5.84. The molecular weight excluding hydrogens is 206 g/mol. The van der Waals surface area contributed by atoms with Gasteiger partial charge in [-0.1, -0.05) is 17.7 Å². The van der Waals surface area contributed by atoms with E-state index in [4.69, 9.17) is 11.6 Å². The van der Waals surface area contributed by atoms with Gasteiger partial charge in [-0.2, -0.15) is 0 Å². The van der Waals surface area contributed by atoms with Crippen molar-refractivity contribution >= 4 is 28.8 Å². The highest BCUT2D eigenvalue weighted by Gasteiger charge is 2.13. The fraction of sp³-hybridized carbons (Fsp3) is 0.222. The van der Waals surface area contributed by atoms with Gasteiger partial charge >= 0.3 is 0 Å². The fourth-order valence-electron chi connectivity index (χ4n) is 0.935. The van der Waals surface area contributed by atoms with Gasteiger partial charge in [-0.15, -0.1) is 17.9 Å². The lowest BCUT2D eigenvalue weighted by Crippen LogP contribution is -2.23. The van der Waals surface area contributed by atoms with E-state index in [-0.39, 0.29) is 5.91 Å². The quantitative estimate of drug-likeness (QED) is 0.772. The van der Waals surface area contributed by atoms with Crippen LogP contribution in [0.5, 0.6) is 0 Å². The van der Waals surface area contributed by atoms with Gasteiger partial charge in [0.2, 0.25) is 0 Å². The molecule has 1 aromatic rings. The van der Waals surface area contributed by atoms with E-state index in [0.29, 0.717) is 16.4 Å². The van der Waals surface area contributed by atoms with Crippen LogP contribution < -0.4 is 5.32 Å². The second-order valence-corrected chi connectivity index (χ2v) is 4.05. The first kappa shape index (κ1) is 10.3. The number of thiophene rings is 1. The zero-order valence-electron chi connectivity index (χ0n) is 7.26.